The summed E-state index contributed by atoms with van der Waals surface area (Å²) in [7, 11) is 0. The number of amides is 1. The molecule has 0 atom stereocenters. The minimum absolute atomic E-state index is 0.0416. The summed E-state index contributed by atoms with van der Waals surface area (Å²) in [4.78, 5) is 15.5. The van der Waals surface area contributed by atoms with Gasteiger partial charge in [0.2, 0.25) is 0 Å². The van der Waals surface area contributed by atoms with Gasteiger partial charge < -0.3 is 15.0 Å². The number of benzene rings is 2. The van der Waals surface area contributed by atoms with E-state index in [-0.39, 0.29) is 28.9 Å². The summed E-state index contributed by atoms with van der Waals surface area (Å²) >= 11 is 0. The maximum Gasteiger partial charge on any atom is 0.254 e. The van der Waals surface area contributed by atoms with Crippen LogP contribution in [0.2, 0.25) is 0 Å². The van der Waals surface area contributed by atoms with Crippen molar-refractivity contribution in [3.63, 3.8) is 0 Å². The topological polar surface area (TPSA) is 65.4 Å². The highest BCUT2D eigenvalue weighted by Gasteiger charge is 2.66. The molecule has 2 aromatic rings. The molecule has 5 heteroatoms. The molecule has 1 saturated heterocycles. The van der Waals surface area contributed by atoms with Crippen molar-refractivity contribution in [2.24, 2.45) is 16.7 Å². The molecule has 0 radical (unpaired) electrons. The van der Waals surface area contributed by atoms with Gasteiger partial charge >= 0.3 is 0 Å². The molecule has 1 N–H and O–H groups in total. The van der Waals surface area contributed by atoms with Crippen LogP contribution in [0.3, 0.4) is 0 Å². The molecule has 5 nitrogen and oxygen atoms in total. The van der Waals surface area contributed by atoms with Crippen LogP contribution in [0.1, 0.15) is 60.3 Å². The Hall–Kier alpha value is -3.28. The standard InChI is InChI=1S/C29H31N3O2/c1-18-12-23(10-9-21(18)14-30)34-27-28(2,3)26(29(27,4)5)32-17-22-13-19(6-7-20-15-31-16-20)8-11-24(22)25(32)33/h8-13,20,26-27,31H,15-17H2,1-5H3. The number of ether oxygens (including phenoxy) is 1. The zero-order chi connectivity index (χ0) is 24.3. The molecule has 0 unspecified atom stereocenters. The van der Waals surface area contributed by atoms with Gasteiger partial charge in [-0.2, -0.15) is 5.26 Å². The number of aryl methyl sites for hydroxylation is 1. The van der Waals surface area contributed by atoms with E-state index in [4.69, 9.17) is 4.74 Å². The molecule has 1 saturated carbocycles. The third-order valence-corrected chi connectivity index (χ3v) is 7.78. The van der Waals surface area contributed by atoms with Crippen molar-refractivity contribution in [1.82, 2.24) is 10.2 Å². The summed E-state index contributed by atoms with van der Waals surface area (Å²) in [6.07, 6.45) is -0.0636. The van der Waals surface area contributed by atoms with Crippen LogP contribution in [0.25, 0.3) is 0 Å². The zero-order valence-electron chi connectivity index (χ0n) is 20.5. The number of hydrogen-bond donors (Lipinski definition) is 1. The van der Waals surface area contributed by atoms with Gasteiger partial charge in [-0.05, 0) is 54.4 Å². The van der Waals surface area contributed by atoms with E-state index < -0.39 is 0 Å². The van der Waals surface area contributed by atoms with E-state index in [1.54, 1.807) is 0 Å². The highest BCUT2D eigenvalue weighted by molar-refractivity contribution is 5.99. The van der Waals surface area contributed by atoms with E-state index in [2.05, 4.69) is 57.0 Å². The van der Waals surface area contributed by atoms with Crippen LogP contribution in [0, 0.1) is 46.8 Å². The van der Waals surface area contributed by atoms with Crippen LogP contribution in [0.15, 0.2) is 36.4 Å². The van der Waals surface area contributed by atoms with Crippen molar-refractivity contribution in [2.45, 2.75) is 53.3 Å². The number of nitrogens with zero attached hydrogens (tertiary/aromatic N) is 2. The second kappa shape index (κ2) is 7.90. The van der Waals surface area contributed by atoms with Crippen LogP contribution in [-0.4, -0.2) is 36.0 Å². The highest BCUT2D eigenvalue weighted by atomic mass is 16.5. The van der Waals surface area contributed by atoms with Gasteiger partial charge in [0.15, 0.2) is 0 Å². The lowest BCUT2D eigenvalue weighted by Crippen LogP contribution is -2.74. The normalized spacial score (nSPS) is 24.2. The number of carbonyl (C=O) groups is 1. The third kappa shape index (κ3) is 3.47. The van der Waals surface area contributed by atoms with Gasteiger partial charge in [0.05, 0.1) is 11.6 Å². The van der Waals surface area contributed by atoms with Crippen molar-refractivity contribution in [1.29, 1.82) is 5.26 Å². The van der Waals surface area contributed by atoms with Gasteiger partial charge in [-0.15, -0.1) is 0 Å². The summed E-state index contributed by atoms with van der Waals surface area (Å²) in [5, 5.41) is 12.5. The second-order valence-corrected chi connectivity index (χ2v) is 11.1. The number of nitriles is 1. The first kappa shape index (κ1) is 22.5. The molecular formula is C29H31N3O2. The lowest BCUT2D eigenvalue weighted by molar-refractivity contribution is -0.199. The van der Waals surface area contributed by atoms with E-state index in [1.807, 2.05) is 42.2 Å². The predicted molar refractivity (Wildman–Crippen MR) is 131 cm³/mol. The summed E-state index contributed by atoms with van der Waals surface area (Å²) in [5.41, 5.74) is 3.92. The van der Waals surface area contributed by atoms with Gasteiger partial charge in [-0.25, -0.2) is 0 Å². The van der Waals surface area contributed by atoms with Gasteiger partial charge in [-0.3, -0.25) is 4.79 Å². The van der Waals surface area contributed by atoms with E-state index >= 15 is 0 Å². The smallest absolute Gasteiger partial charge is 0.254 e. The Morgan fingerprint density at radius 3 is 2.44 bits per heavy atom. The summed E-state index contributed by atoms with van der Waals surface area (Å²) in [6.45, 7) is 13.2. The summed E-state index contributed by atoms with van der Waals surface area (Å²) in [6, 6.07) is 13.8. The Labute approximate surface area is 202 Å². The van der Waals surface area contributed by atoms with E-state index in [1.165, 1.54) is 0 Å². The van der Waals surface area contributed by atoms with Crippen LogP contribution in [0.4, 0.5) is 0 Å². The Morgan fingerprint density at radius 2 is 1.82 bits per heavy atom. The molecule has 5 rings (SSSR count). The molecule has 3 aliphatic rings. The van der Waals surface area contributed by atoms with Gasteiger partial charge in [0.25, 0.3) is 5.91 Å². The summed E-state index contributed by atoms with van der Waals surface area (Å²) < 4.78 is 6.48. The third-order valence-electron chi connectivity index (χ3n) is 7.78. The lowest BCUT2D eigenvalue weighted by Gasteiger charge is -2.65. The van der Waals surface area contributed by atoms with Crippen molar-refractivity contribution < 1.29 is 9.53 Å². The van der Waals surface area contributed by atoms with Crippen LogP contribution >= 0.6 is 0 Å². The van der Waals surface area contributed by atoms with Crippen molar-refractivity contribution in [3.8, 4) is 23.7 Å². The molecule has 2 heterocycles. The minimum atomic E-state index is -0.233. The number of hydrogen-bond acceptors (Lipinski definition) is 4. The molecule has 0 aromatic heterocycles. The first-order valence-electron chi connectivity index (χ1n) is 12.0. The highest BCUT2D eigenvalue weighted by Crippen LogP contribution is 2.59. The molecule has 34 heavy (non-hydrogen) atoms. The summed E-state index contributed by atoms with van der Waals surface area (Å²) in [5.74, 6) is 7.89. The minimum Gasteiger partial charge on any atom is -0.489 e. The number of nitrogens with one attached hydrogen (secondary N) is 1. The Kier molecular flexibility index (Phi) is 5.23. The van der Waals surface area contributed by atoms with Crippen LogP contribution < -0.4 is 10.1 Å². The SMILES string of the molecule is Cc1cc(OC2C(C)(C)C(N3Cc4cc(C#CC5CNC5)ccc4C3=O)C2(C)C)ccc1C#N. The molecule has 2 aromatic carbocycles. The molecule has 2 aliphatic heterocycles. The Balaban J connectivity index is 1.36. The quantitative estimate of drug-likeness (QED) is 0.705. The first-order valence-corrected chi connectivity index (χ1v) is 12.0. The fourth-order valence-electron chi connectivity index (χ4n) is 6.39. The molecule has 1 amide bonds. The molecule has 174 valence electrons. The van der Waals surface area contributed by atoms with Gasteiger partial charge in [-0.1, -0.05) is 39.5 Å². The van der Waals surface area contributed by atoms with E-state index in [9.17, 15) is 10.1 Å². The lowest BCUT2D eigenvalue weighted by atomic mass is 9.49. The average molecular weight is 454 g/mol. The van der Waals surface area contributed by atoms with Crippen LogP contribution in [0.5, 0.6) is 5.75 Å². The van der Waals surface area contributed by atoms with Gasteiger partial charge in [0.1, 0.15) is 11.9 Å². The van der Waals surface area contributed by atoms with E-state index in [0.717, 1.165) is 41.1 Å². The monoisotopic (exact) mass is 453 g/mol. The maximum absolute atomic E-state index is 13.4. The fourth-order valence-corrected chi connectivity index (χ4v) is 6.39. The predicted octanol–water partition coefficient (Wildman–Crippen LogP) is 4.28. The Bertz CT molecular complexity index is 1250. The molecular weight excluding hydrogens is 422 g/mol. The first-order chi connectivity index (χ1) is 16.1. The van der Waals surface area contributed by atoms with Crippen molar-refractivity contribution in [2.75, 3.05) is 13.1 Å². The molecule has 1 aliphatic carbocycles. The molecule has 2 fully saturated rings. The second-order valence-electron chi connectivity index (χ2n) is 11.1. The molecule has 0 spiro atoms. The molecule has 0 bridgehead atoms. The van der Waals surface area contributed by atoms with E-state index in [0.29, 0.717) is 18.0 Å². The number of rotatable bonds is 3. The average Bonchev–Trinajstić information content (AvgIpc) is 3.05. The largest absolute Gasteiger partial charge is 0.489 e. The Morgan fingerprint density at radius 1 is 1.09 bits per heavy atom. The number of carbonyl (C=O) groups excluding carboxylic acids is 1. The fraction of sp³-hybridized carbons (Fsp3) is 0.448. The van der Waals surface area contributed by atoms with Crippen molar-refractivity contribution in [3.05, 3.63) is 64.2 Å². The van der Waals surface area contributed by atoms with Gasteiger partial charge in [0, 0.05) is 53.6 Å². The van der Waals surface area contributed by atoms with Crippen molar-refractivity contribution >= 4 is 5.91 Å². The number of fused-ring (bicyclic) bond motifs is 1. The maximum atomic E-state index is 13.4. The zero-order valence-corrected chi connectivity index (χ0v) is 20.5. The van der Waals surface area contributed by atoms with Crippen LogP contribution in [-0.2, 0) is 6.54 Å².